The topological polar surface area (TPSA) is 43.4 Å². The fraction of sp³-hybridized carbons (Fsp3) is 0.167. The van der Waals surface area contributed by atoms with Gasteiger partial charge in [-0.25, -0.2) is 4.79 Å². The van der Waals surface area contributed by atoms with Crippen LogP contribution in [-0.2, 0) is 5.41 Å². The van der Waals surface area contributed by atoms with Crippen molar-refractivity contribution in [3.05, 3.63) is 101 Å². The predicted octanol–water partition coefficient (Wildman–Crippen LogP) is 5.43. The van der Waals surface area contributed by atoms with Gasteiger partial charge in [0.15, 0.2) is 5.78 Å². The first-order valence-corrected chi connectivity index (χ1v) is 8.87. The summed E-state index contributed by atoms with van der Waals surface area (Å²) < 4.78 is 5.42. The summed E-state index contributed by atoms with van der Waals surface area (Å²) in [4.78, 5) is 24.7. The van der Waals surface area contributed by atoms with Gasteiger partial charge in [-0.3, -0.25) is 4.79 Å². The van der Waals surface area contributed by atoms with Gasteiger partial charge in [-0.15, -0.1) is 0 Å². The second kappa shape index (κ2) is 7.58. The standard InChI is InChI=1S/C24H22O3/c1-24(2,3)20-13-9-19(10-14-20)23(26)27-21-15-11-18(12-16-21)22(25)17-7-5-4-6-8-17/h4-16H,1-3H3. The van der Waals surface area contributed by atoms with Crippen molar-refractivity contribution >= 4 is 11.8 Å². The molecule has 0 aliphatic rings. The van der Waals surface area contributed by atoms with Gasteiger partial charge >= 0.3 is 5.97 Å². The van der Waals surface area contributed by atoms with E-state index in [0.29, 0.717) is 22.4 Å². The highest BCUT2D eigenvalue weighted by atomic mass is 16.5. The molecule has 136 valence electrons. The Morgan fingerprint density at radius 1 is 0.667 bits per heavy atom. The molecule has 0 aromatic heterocycles. The van der Waals surface area contributed by atoms with Crippen molar-refractivity contribution in [1.82, 2.24) is 0 Å². The van der Waals surface area contributed by atoms with E-state index in [1.807, 2.05) is 30.3 Å². The molecule has 0 heterocycles. The third kappa shape index (κ3) is 4.50. The molecule has 0 atom stereocenters. The van der Waals surface area contributed by atoms with Gasteiger partial charge in [0.1, 0.15) is 5.75 Å². The summed E-state index contributed by atoms with van der Waals surface area (Å²) in [5, 5.41) is 0. The predicted molar refractivity (Wildman–Crippen MR) is 106 cm³/mol. The lowest BCUT2D eigenvalue weighted by atomic mass is 9.87. The van der Waals surface area contributed by atoms with Crippen molar-refractivity contribution in [2.45, 2.75) is 26.2 Å². The van der Waals surface area contributed by atoms with E-state index in [2.05, 4.69) is 20.8 Å². The normalized spacial score (nSPS) is 11.1. The molecule has 0 fully saturated rings. The maximum Gasteiger partial charge on any atom is 0.343 e. The van der Waals surface area contributed by atoms with Crippen molar-refractivity contribution in [3.8, 4) is 5.75 Å². The van der Waals surface area contributed by atoms with Crippen molar-refractivity contribution in [2.75, 3.05) is 0 Å². The Balaban J connectivity index is 1.69. The molecule has 3 aromatic rings. The summed E-state index contributed by atoms with van der Waals surface area (Å²) in [7, 11) is 0. The summed E-state index contributed by atoms with van der Waals surface area (Å²) in [5.41, 5.74) is 2.86. The van der Waals surface area contributed by atoms with E-state index in [1.54, 1.807) is 48.5 Å². The lowest BCUT2D eigenvalue weighted by Gasteiger charge is -2.18. The molecular weight excluding hydrogens is 336 g/mol. The number of rotatable bonds is 4. The zero-order valence-electron chi connectivity index (χ0n) is 15.7. The third-order valence-electron chi connectivity index (χ3n) is 4.35. The summed E-state index contributed by atoms with van der Waals surface area (Å²) in [6.45, 7) is 6.37. The minimum atomic E-state index is -0.419. The molecule has 0 aliphatic heterocycles. The Morgan fingerprint density at radius 3 is 1.74 bits per heavy atom. The van der Waals surface area contributed by atoms with Crippen molar-refractivity contribution in [3.63, 3.8) is 0 Å². The number of esters is 1. The van der Waals surface area contributed by atoms with Crippen molar-refractivity contribution in [2.24, 2.45) is 0 Å². The molecular formula is C24H22O3. The molecule has 0 aliphatic carbocycles. The highest BCUT2D eigenvalue weighted by Crippen LogP contribution is 2.23. The van der Waals surface area contributed by atoms with Gasteiger partial charge in [0.05, 0.1) is 5.56 Å². The Morgan fingerprint density at radius 2 is 1.19 bits per heavy atom. The van der Waals surface area contributed by atoms with Gasteiger partial charge in [-0.2, -0.15) is 0 Å². The van der Waals surface area contributed by atoms with Crippen LogP contribution in [0.25, 0.3) is 0 Å². The summed E-state index contributed by atoms with van der Waals surface area (Å²) in [6, 6.07) is 23.1. The SMILES string of the molecule is CC(C)(C)c1ccc(C(=O)Oc2ccc(C(=O)c3ccccc3)cc2)cc1. The maximum absolute atomic E-state index is 12.4. The van der Waals surface area contributed by atoms with Crippen LogP contribution in [0.1, 0.15) is 52.6 Å². The van der Waals surface area contributed by atoms with Crippen molar-refractivity contribution < 1.29 is 14.3 Å². The molecule has 0 spiro atoms. The molecule has 3 heteroatoms. The fourth-order valence-electron chi connectivity index (χ4n) is 2.70. The lowest BCUT2D eigenvalue weighted by Crippen LogP contribution is -2.13. The minimum Gasteiger partial charge on any atom is -0.423 e. The van der Waals surface area contributed by atoms with Crippen LogP contribution >= 0.6 is 0 Å². The minimum absolute atomic E-state index is 0.0313. The van der Waals surface area contributed by atoms with Crippen LogP contribution in [0.3, 0.4) is 0 Å². The van der Waals surface area contributed by atoms with E-state index in [0.717, 1.165) is 5.56 Å². The number of hydrogen-bond acceptors (Lipinski definition) is 3. The van der Waals surface area contributed by atoms with E-state index in [1.165, 1.54) is 0 Å². The third-order valence-corrected chi connectivity index (χ3v) is 4.35. The molecule has 0 saturated heterocycles. The first kappa shape index (κ1) is 18.6. The van der Waals surface area contributed by atoms with E-state index in [9.17, 15) is 9.59 Å². The molecule has 3 nitrogen and oxygen atoms in total. The van der Waals surface area contributed by atoms with Gasteiger partial charge in [0, 0.05) is 11.1 Å². The average Bonchev–Trinajstić information content (AvgIpc) is 2.68. The smallest absolute Gasteiger partial charge is 0.343 e. The lowest BCUT2D eigenvalue weighted by molar-refractivity contribution is 0.0734. The second-order valence-corrected chi connectivity index (χ2v) is 7.44. The summed E-state index contributed by atoms with van der Waals surface area (Å²) in [5.74, 6) is -0.0756. The van der Waals surface area contributed by atoms with E-state index in [4.69, 9.17) is 4.74 Å². The number of benzene rings is 3. The van der Waals surface area contributed by atoms with Crippen LogP contribution in [0.4, 0.5) is 0 Å². The molecule has 0 radical (unpaired) electrons. The van der Waals surface area contributed by atoms with Gasteiger partial charge in [-0.1, -0.05) is 63.2 Å². The van der Waals surface area contributed by atoms with Crippen LogP contribution in [0.5, 0.6) is 5.75 Å². The first-order chi connectivity index (χ1) is 12.8. The van der Waals surface area contributed by atoms with Crippen LogP contribution in [0.2, 0.25) is 0 Å². The summed E-state index contributed by atoms with van der Waals surface area (Å²) in [6.07, 6.45) is 0. The number of ketones is 1. The number of hydrogen-bond donors (Lipinski definition) is 0. The quantitative estimate of drug-likeness (QED) is 0.355. The van der Waals surface area contributed by atoms with Crippen LogP contribution in [0.15, 0.2) is 78.9 Å². The van der Waals surface area contributed by atoms with E-state index >= 15 is 0 Å². The first-order valence-electron chi connectivity index (χ1n) is 8.87. The second-order valence-electron chi connectivity index (χ2n) is 7.44. The van der Waals surface area contributed by atoms with Crippen LogP contribution in [0, 0.1) is 0 Å². The molecule has 3 rings (SSSR count). The number of carbonyl (C=O) groups excluding carboxylic acids is 2. The zero-order chi connectivity index (χ0) is 19.4. The van der Waals surface area contributed by atoms with Gasteiger partial charge in [-0.05, 0) is 47.4 Å². The molecule has 3 aromatic carbocycles. The number of ether oxygens (including phenoxy) is 1. The van der Waals surface area contributed by atoms with Crippen molar-refractivity contribution in [1.29, 1.82) is 0 Å². The Kier molecular flexibility index (Phi) is 5.22. The zero-order valence-corrected chi connectivity index (χ0v) is 15.7. The molecule has 0 saturated carbocycles. The van der Waals surface area contributed by atoms with E-state index in [-0.39, 0.29) is 11.2 Å². The summed E-state index contributed by atoms with van der Waals surface area (Å²) >= 11 is 0. The van der Waals surface area contributed by atoms with Crippen LogP contribution in [-0.4, -0.2) is 11.8 Å². The molecule has 0 N–H and O–H groups in total. The Hall–Kier alpha value is -3.20. The highest BCUT2D eigenvalue weighted by molar-refractivity contribution is 6.09. The van der Waals surface area contributed by atoms with Gasteiger partial charge in [0.25, 0.3) is 0 Å². The van der Waals surface area contributed by atoms with Gasteiger partial charge in [0.2, 0.25) is 0 Å². The highest BCUT2D eigenvalue weighted by Gasteiger charge is 2.15. The van der Waals surface area contributed by atoms with Gasteiger partial charge < -0.3 is 4.74 Å². The molecule has 0 amide bonds. The Labute approximate surface area is 159 Å². The molecule has 0 bridgehead atoms. The Bertz CT molecular complexity index is 932. The van der Waals surface area contributed by atoms with Crippen LogP contribution < -0.4 is 4.74 Å². The number of carbonyl (C=O) groups is 2. The van der Waals surface area contributed by atoms with E-state index < -0.39 is 5.97 Å². The monoisotopic (exact) mass is 358 g/mol. The largest absolute Gasteiger partial charge is 0.423 e. The molecule has 27 heavy (non-hydrogen) atoms. The maximum atomic E-state index is 12.4. The fourth-order valence-corrected chi connectivity index (χ4v) is 2.70. The average molecular weight is 358 g/mol. The molecule has 0 unspecified atom stereocenters.